The molecule has 12 nitrogen and oxygen atoms in total. The van der Waals surface area contributed by atoms with Crippen LogP contribution in [0.4, 0.5) is 0 Å². The Morgan fingerprint density at radius 2 is 1.80 bits per heavy atom. The summed E-state index contributed by atoms with van der Waals surface area (Å²) < 4.78 is 35.3. The molecule has 5 rings (SSSR count). The normalized spacial score (nSPS) is 16.8. The van der Waals surface area contributed by atoms with E-state index >= 15 is 0 Å². The van der Waals surface area contributed by atoms with Crippen molar-refractivity contribution in [1.29, 1.82) is 5.41 Å². The van der Waals surface area contributed by atoms with Crippen LogP contribution in [0.5, 0.6) is 5.75 Å². The van der Waals surface area contributed by atoms with E-state index in [0.717, 1.165) is 16.6 Å². The highest BCUT2D eigenvalue weighted by molar-refractivity contribution is 7.89. The number of carbonyl (C=O) groups excluding carboxylic acids is 2. The summed E-state index contributed by atoms with van der Waals surface area (Å²) in [5.74, 6) is -0.0923. The van der Waals surface area contributed by atoms with Crippen LogP contribution in [0.15, 0.2) is 41.3 Å². The SMILES string of the molecule is Cc1cc(C)c2cccc(OCc3c(Cl)ccc(S(=O)(=O)N4CCC[C@H]4C(=O)NC4CCN(C(=O)CCNC(=N)N)CC4)c3Cl)c2n1.Cl.Cl. The van der Waals surface area contributed by atoms with Gasteiger partial charge in [0.15, 0.2) is 5.96 Å². The van der Waals surface area contributed by atoms with Gasteiger partial charge < -0.3 is 26.0 Å². The van der Waals surface area contributed by atoms with Gasteiger partial charge in [0.1, 0.15) is 28.8 Å². The number of fused-ring (bicyclic) bond motifs is 1. The molecule has 2 saturated heterocycles. The van der Waals surface area contributed by atoms with E-state index in [4.69, 9.17) is 39.1 Å². The van der Waals surface area contributed by atoms with Crippen LogP contribution in [0.1, 0.15) is 48.9 Å². The summed E-state index contributed by atoms with van der Waals surface area (Å²) in [6.45, 7) is 5.21. The number of pyridine rings is 1. The lowest BCUT2D eigenvalue weighted by Gasteiger charge is -2.33. The van der Waals surface area contributed by atoms with Crippen LogP contribution >= 0.6 is 48.0 Å². The molecule has 2 amide bonds. The summed E-state index contributed by atoms with van der Waals surface area (Å²) in [6.07, 6.45) is 2.21. The van der Waals surface area contributed by atoms with Gasteiger partial charge in [-0.25, -0.2) is 13.4 Å². The first kappa shape index (κ1) is 40.4. The highest BCUT2D eigenvalue weighted by Gasteiger charge is 2.41. The molecule has 5 N–H and O–H groups in total. The van der Waals surface area contributed by atoms with Crippen molar-refractivity contribution < 1.29 is 22.7 Å². The first-order chi connectivity index (χ1) is 22.4. The summed E-state index contributed by atoms with van der Waals surface area (Å²) in [5.41, 5.74) is 8.17. The number of carbonyl (C=O) groups is 2. The number of likely N-dealkylation sites (tertiary alicyclic amines) is 1. The summed E-state index contributed by atoms with van der Waals surface area (Å²) in [7, 11) is -4.18. The monoisotopic (exact) mass is 775 g/mol. The Hall–Kier alpha value is -3.07. The maximum atomic E-state index is 14.0. The summed E-state index contributed by atoms with van der Waals surface area (Å²) >= 11 is 13.2. The molecule has 3 aromatic rings. The lowest BCUT2D eigenvalue weighted by molar-refractivity contribution is -0.132. The number of rotatable bonds is 10. The Labute approximate surface area is 308 Å². The molecule has 0 aliphatic carbocycles. The number of guanidine groups is 1. The molecule has 2 fully saturated rings. The van der Waals surface area contributed by atoms with E-state index in [9.17, 15) is 18.0 Å². The molecule has 3 heterocycles. The van der Waals surface area contributed by atoms with Crippen molar-refractivity contribution in [3.8, 4) is 5.75 Å². The predicted octanol–water partition coefficient (Wildman–Crippen LogP) is 4.71. The second kappa shape index (κ2) is 17.2. The molecule has 0 spiro atoms. The maximum Gasteiger partial charge on any atom is 0.245 e. The number of hydrogen-bond donors (Lipinski definition) is 4. The lowest BCUT2D eigenvalue weighted by Crippen LogP contribution is -2.52. The summed E-state index contributed by atoms with van der Waals surface area (Å²) in [5, 5.41) is 14.0. The van der Waals surface area contributed by atoms with E-state index in [1.165, 1.54) is 16.4 Å². The summed E-state index contributed by atoms with van der Waals surface area (Å²) in [6, 6.07) is 9.37. The molecule has 17 heteroatoms. The van der Waals surface area contributed by atoms with Gasteiger partial charge in [-0.15, -0.1) is 24.8 Å². The number of amides is 2. The van der Waals surface area contributed by atoms with E-state index < -0.39 is 16.1 Å². The van der Waals surface area contributed by atoms with Crippen molar-refractivity contribution in [3.05, 3.63) is 63.3 Å². The lowest BCUT2D eigenvalue weighted by atomic mass is 10.0. The van der Waals surface area contributed by atoms with Crippen LogP contribution in [0.2, 0.25) is 10.0 Å². The van der Waals surface area contributed by atoms with Gasteiger partial charge in [0.05, 0.1) is 5.02 Å². The minimum atomic E-state index is -4.18. The standard InChI is InChI=1S/C32H39Cl2N7O5S.2ClH/c1-19-17-20(2)38-30-22(19)5-3-7-26(30)46-18-23-24(33)8-9-27(29(23)34)47(44,45)41-14-4-6-25(41)31(43)39-21-11-15-40(16-12-21)28(42)10-13-37-32(35)36;;/h3,5,7-9,17,21,25H,4,6,10-16,18H2,1-2H3,(H,39,43)(H4,35,36,37);2*1H/t25-;;/m0../s1. The predicted molar refractivity (Wildman–Crippen MR) is 196 cm³/mol. The van der Waals surface area contributed by atoms with Crippen molar-refractivity contribution >= 4 is 86.7 Å². The Morgan fingerprint density at radius 1 is 1.08 bits per heavy atom. The molecule has 268 valence electrons. The van der Waals surface area contributed by atoms with E-state index in [2.05, 4.69) is 15.6 Å². The van der Waals surface area contributed by atoms with Crippen molar-refractivity contribution in [2.75, 3.05) is 26.2 Å². The number of nitrogens with one attached hydrogen (secondary N) is 3. The van der Waals surface area contributed by atoms with Gasteiger partial charge in [0.2, 0.25) is 21.8 Å². The summed E-state index contributed by atoms with van der Waals surface area (Å²) in [4.78, 5) is 32.1. The number of piperidine rings is 1. The van der Waals surface area contributed by atoms with Crippen molar-refractivity contribution in [3.63, 3.8) is 0 Å². The molecule has 0 radical (unpaired) electrons. The van der Waals surface area contributed by atoms with Crippen LogP contribution in [0.25, 0.3) is 10.9 Å². The maximum absolute atomic E-state index is 14.0. The first-order valence-electron chi connectivity index (χ1n) is 15.5. The number of ether oxygens (including phenoxy) is 1. The number of halogens is 4. The largest absolute Gasteiger partial charge is 0.487 e. The number of sulfonamides is 1. The second-order valence-electron chi connectivity index (χ2n) is 11.9. The molecule has 1 aromatic heterocycles. The van der Waals surface area contributed by atoms with Crippen LogP contribution < -0.4 is 21.1 Å². The molecule has 2 aliphatic heterocycles. The second-order valence-corrected chi connectivity index (χ2v) is 14.5. The van der Waals surface area contributed by atoms with Crippen LogP contribution in [-0.2, 0) is 26.2 Å². The molecule has 0 unspecified atom stereocenters. The topological polar surface area (TPSA) is 171 Å². The third-order valence-corrected chi connectivity index (χ3v) is 11.4. The highest BCUT2D eigenvalue weighted by atomic mass is 35.5. The minimum absolute atomic E-state index is 0. The number of aromatic nitrogens is 1. The van der Waals surface area contributed by atoms with Gasteiger partial charge in [-0.3, -0.25) is 15.0 Å². The van der Waals surface area contributed by atoms with Gasteiger partial charge in [0, 0.05) is 60.3 Å². The van der Waals surface area contributed by atoms with Gasteiger partial charge in [-0.05, 0) is 69.4 Å². The fourth-order valence-electron chi connectivity index (χ4n) is 6.18. The zero-order chi connectivity index (χ0) is 33.9. The van der Waals surface area contributed by atoms with Crippen molar-refractivity contribution in [1.82, 2.24) is 24.8 Å². The van der Waals surface area contributed by atoms with E-state index in [0.29, 0.717) is 55.6 Å². The third-order valence-electron chi connectivity index (χ3n) is 8.60. The van der Waals surface area contributed by atoms with E-state index in [1.54, 1.807) is 11.0 Å². The number of hydrogen-bond acceptors (Lipinski definition) is 7. The Bertz CT molecular complexity index is 1810. The molecule has 2 aliphatic rings. The molecule has 2 aromatic carbocycles. The quantitative estimate of drug-likeness (QED) is 0.169. The fraction of sp³-hybridized carbons (Fsp3) is 0.438. The van der Waals surface area contributed by atoms with Gasteiger partial charge in [-0.1, -0.05) is 35.3 Å². The first-order valence-corrected chi connectivity index (χ1v) is 17.7. The number of benzene rings is 2. The van der Waals surface area contributed by atoms with Gasteiger partial charge in [-0.2, -0.15) is 4.31 Å². The molecule has 49 heavy (non-hydrogen) atoms. The molecular weight excluding hydrogens is 736 g/mol. The molecule has 0 saturated carbocycles. The third kappa shape index (κ3) is 9.19. The number of para-hydroxylation sites is 1. The molecule has 1 atom stereocenters. The van der Waals surface area contributed by atoms with Crippen molar-refractivity contribution in [2.45, 2.75) is 69.5 Å². The van der Waals surface area contributed by atoms with Gasteiger partial charge >= 0.3 is 0 Å². The smallest absolute Gasteiger partial charge is 0.245 e. The fourth-order valence-corrected chi connectivity index (χ4v) is 8.70. The van der Waals surface area contributed by atoms with Crippen LogP contribution in [0.3, 0.4) is 0 Å². The minimum Gasteiger partial charge on any atom is -0.487 e. The average Bonchev–Trinajstić information content (AvgIpc) is 3.53. The van der Waals surface area contributed by atoms with Gasteiger partial charge in [0.25, 0.3) is 0 Å². The number of nitrogens with two attached hydrogens (primary N) is 1. The highest BCUT2D eigenvalue weighted by Crippen LogP contribution is 2.37. The van der Waals surface area contributed by atoms with Crippen LogP contribution in [0, 0.1) is 19.3 Å². The average molecular weight is 778 g/mol. The van der Waals surface area contributed by atoms with Crippen LogP contribution in [-0.4, -0.2) is 78.6 Å². The molecule has 0 bridgehead atoms. The zero-order valence-corrected chi connectivity index (χ0v) is 31.1. The molecular formula is C32H41Cl4N7O5S. The van der Waals surface area contributed by atoms with Crippen molar-refractivity contribution in [2.24, 2.45) is 5.73 Å². The Morgan fingerprint density at radius 3 is 2.49 bits per heavy atom. The van der Waals surface area contributed by atoms with E-state index in [1.807, 2.05) is 32.0 Å². The number of nitrogens with zero attached hydrogens (tertiary/aromatic N) is 3. The zero-order valence-electron chi connectivity index (χ0n) is 27.1. The Kier molecular flexibility index (Phi) is 14.2. The number of aryl methyl sites for hydroxylation is 2. The van der Waals surface area contributed by atoms with E-state index in [-0.39, 0.29) is 89.7 Å². The Balaban J connectivity index is 0.00000325.